The van der Waals surface area contributed by atoms with Crippen molar-refractivity contribution < 1.29 is 17.9 Å². The number of ether oxygens (including phenoxy) is 2. The van der Waals surface area contributed by atoms with Crippen LogP contribution >= 0.6 is 0 Å². The normalized spacial score (nSPS) is 21.3. The zero-order chi connectivity index (χ0) is 13.9. The highest BCUT2D eigenvalue weighted by molar-refractivity contribution is 7.89. The van der Waals surface area contributed by atoms with Crippen LogP contribution < -0.4 is 9.46 Å². The van der Waals surface area contributed by atoms with Gasteiger partial charge in [0.15, 0.2) is 0 Å². The molecule has 1 saturated heterocycles. The van der Waals surface area contributed by atoms with Gasteiger partial charge >= 0.3 is 0 Å². The summed E-state index contributed by atoms with van der Waals surface area (Å²) >= 11 is 0. The molecule has 1 aliphatic heterocycles. The second-order valence-corrected chi connectivity index (χ2v) is 6.35. The van der Waals surface area contributed by atoms with Crippen molar-refractivity contribution >= 4 is 10.0 Å². The maximum absolute atomic E-state index is 12.2. The highest BCUT2D eigenvalue weighted by Gasteiger charge is 2.26. The van der Waals surface area contributed by atoms with E-state index >= 15 is 0 Å². The van der Waals surface area contributed by atoms with E-state index in [9.17, 15) is 8.42 Å². The van der Waals surface area contributed by atoms with Gasteiger partial charge in [0.1, 0.15) is 5.75 Å². The third-order valence-corrected chi connectivity index (χ3v) is 4.81. The minimum Gasteiger partial charge on any atom is -0.497 e. The highest BCUT2D eigenvalue weighted by atomic mass is 32.2. The van der Waals surface area contributed by atoms with Gasteiger partial charge in [-0.3, -0.25) is 0 Å². The highest BCUT2D eigenvalue weighted by Crippen LogP contribution is 2.19. The number of nitrogens with one attached hydrogen (secondary N) is 1. The molecule has 2 atom stereocenters. The van der Waals surface area contributed by atoms with Crippen LogP contribution in [0.25, 0.3) is 0 Å². The molecule has 19 heavy (non-hydrogen) atoms. The lowest BCUT2D eigenvalue weighted by Gasteiger charge is -2.20. The molecule has 6 heteroatoms. The van der Waals surface area contributed by atoms with Crippen molar-refractivity contribution in [2.24, 2.45) is 0 Å². The molecule has 0 unspecified atom stereocenters. The van der Waals surface area contributed by atoms with E-state index in [1.807, 2.05) is 6.92 Å². The molecule has 1 heterocycles. The van der Waals surface area contributed by atoms with Crippen LogP contribution in [0.1, 0.15) is 19.8 Å². The van der Waals surface area contributed by atoms with Crippen LogP contribution in [-0.4, -0.2) is 34.3 Å². The lowest BCUT2D eigenvalue weighted by Crippen LogP contribution is -2.40. The monoisotopic (exact) mass is 285 g/mol. The molecule has 0 bridgehead atoms. The lowest BCUT2D eigenvalue weighted by atomic mass is 10.1. The van der Waals surface area contributed by atoms with Crippen LogP contribution in [0, 0.1) is 0 Å². The quantitative estimate of drug-likeness (QED) is 0.891. The summed E-state index contributed by atoms with van der Waals surface area (Å²) in [5.74, 6) is 0.631. The Morgan fingerprint density at radius 3 is 2.58 bits per heavy atom. The number of rotatable bonds is 5. The van der Waals surface area contributed by atoms with Crippen molar-refractivity contribution in [3.63, 3.8) is 0 Å². The van der Waals surface area contributed by atoms with Gasteiger partial charge in [-0.05, 0) is 44.0 Å². The van der Waals surface area contributed by atoms with Gasteiger partial charge in [-0.2, -0.15) is 0 Å². The molecule has 0 amide bonds. The Kier molecular flexibility index (Phi) is 4.44. The molecule has 1 fully saturated rings. The predicted octanol–water partition coefficient (Wildman–Crippen LogP) is 1.54. The van der Waals surface area contributed by atoms with Crippen LogP contribution in [-0.2, 0) is 14.8 Å². The minimum absolute atomic E-state index is 0.0342. The largest absolute Gasteiger partial charge is 0.497 e. The Balaban J connectivity index is 2.08. The summed E-state index contributed by atoms with van der Waals surface area (Å²) in [6.07, 6.45) is 1.85. The number of sulfonamides is 1. The van der Waals surface area contributed by atoms with Crippen LogP contribution in [0.5, 0.6) is 5.75 Å². The average Bonchev–Trinajstić information content (AvgIpc) is 2.92. The van der Waals surface area contributed by atoms with Gasteiger partial charge in [0.05, 0.1) is 18.1 Å². The Morgan fingerprint density at radius 1 is 1.37 bits per heavy atom. The first-order valence-electron chi connectivity index (χ1n) is 6.31. The third-order valence-electron chi connectivity index (χ3n) is 3.23. The lowest BCUT2D eigenvalue weighted by molar-refractivity contribution is 0.0902. The standard InChI is InChI=1S/C13H19NO4S/c1-10(13-4-3-9-18-13)14-19(15,16)12-7-5-11(17-2)6-8-12/h5-8,10,13-14H,3-4,9H2,1-2H3/t10-,13-/m0/s1. The van der Waals surface area contributed by atoms with Gasteiger partial charge in [0, 0.05) is 12.6 Å². The van der Waals surface area contributed by atoms with E-state index in [0.717, 1.165) is 12.8 Å². The molecule has 2 rings (SSSR count). The first-order valence-corrected chi connectivity index (χ1v) is 7.79. The number of methoxy groups -OCH3 is 1. The van der Waals surface area contributed by atoms with Crippen molar-refractivity contribution in [2.75, 3.05) is 13.7 Å². The Labute approximate surface area is 114 Å². The van der Waals surface area contributed by atoms with Gasteiger partial charge in [0.2, 0.25) is 10.0 Å². The molecular weight excluding hydrogens is 266 g/mol. The molecule has 0 aromatic heterocycles. The summed E-state index contributed by atoms with van der Waals surface area (Å²) in [7, 11) is -1.96. The molecule has 106 valence electrons. The molecule has 1 aliphatic rings. The van der Waals surface area contributed by atoms with E-state index in [2.05, 4.69) is 4.72 Å². The van der Waals surface area contributed by atoms with E-state index in [0.29, 0.717) is 12.4 Å². The number of benzene rings is 1. The van der Waals surface area contributed by atoms with E-state index < -0.39 is 10.0 Å². The molecular formula is C13H19NO4S. The first kappa shape index (κ1) is 14.3. The molecule has 0 aliphatic carbocycles. The van der Waals surface area contributed by atoms with Crippen molar-refractivity contribution in [2.45, 2.75) is 36.8 Å². The molecule has 1 aromatic carbocycles. The topological polar surface area (TPSA) is 64.6 Å². The summed E-state index contributed by atoms with van der Waals surface area (Å²) in [6, 6.07) is 6.10. The number of hydrogen-bond acceptors (Lipinski definition) is 4. The smallest absolute Gasteiger partial charge is 0.240 e. The van der Waals surface area contributed by atoms with E-state index in [1.54, 1.807) is 19.2 Å². The molecule has 1 N–H and O–H groups in total. The molecule has 0 spiro atoms. The Morgan fingerprint density at radius 2 is 2.05 bits per heavy atom. The third kappa shape index (κ3) is 3.46. The van der Waals surface area contributed by atoms with E-state index in [4.69, 9.17) is 9.47 Å². The molecule has 0 saturated carbocycles. The first-order chi connectivity index (χ1) is 9.03. The van der Waals surface area contributed by atoms with Gasteiger partial charge in [0.25, 0.3) is 0 Å². The second kappa shape index (κ2) is 5.90. The van der Waals surface area contributed by atoms with Crippen LogP contribution in [0.15, 0.2) is 29.2 Å². The van der Waals surface area contributed by atoms with E-state index in [-0.39, 0.29) is 17.0 Å². The van der Waals surface area contributed by atoms with Crippen molar-refractivity contribution in [3.05, 3.63) is 24.3 Å². The minimum atomic E-state index is -3.51. The van der Waals surface area contributed by atoms with Crippen molar-refractivity contribution in [1.82, 2.24) is 4.72 Å². The fourth-order valence-electron chi connectivity index (χ4n) is 2.14. The summed E-state index contributed by atoms with van der Waals surface area (Å²) in [5, 5.41) is 0. The van der Waals surface area contributed by atoms with Crippen LogP contribution in [0.2, 0.25) is 0 Å². The molecule has 1 aromatic rings. The summed E-state index contributed by atoms with van der Waals surface area (Å²) in [6.45, 7) is 2.54. The zero-order valence-corrected chi connectivity index (χ0v) is 11.9. The van der Waals surface area contributed by atoms with Gasteiger partial charge < -0.3 is 9.47 Å². The second-order valence-electron chi connectivity index (χ2n) is 4.64. The molecule has 5 nitrogen and oxygen atoms in total. The van der Waals surface area contributed by atoms with Crippen molar-refractivity contribution in [1.29, 1.82) is 0 Å². The van der Waals surface area contributed by atoms with Gasteiger partial charge in [-0.1, -0.05) is 0 Å². The number of hydrogen-bond donors (Lipinski definition) is 1. The summed E-state index contributed by atoms with van der Waals surface area (Å²) < 4.78 is 37.5. The Hall–Kier alpha value is -1.11. The van der Waals surface area contributed by atoms with Crippen LogP contribution in [0.3, 0.4) is 0 Å². The zero-order valence-electron chi connectivity index (χ0n) is 11.1. The summed E-state index contributed by atoms with van der Waals surface area (Å²) in [5.41, 5.74) is 0. The van der Waals surface area contributed by atoms with E-state index in [1.165, 1.54) is 12.1 Å². The fraction of sp³-hybridized carbons (Fsp3) is 0.538. The fourth-order valence-corrected chi connectivity index (χ4v) is 3.41. The maximum Gasteiger partial charge on any atom is 0.240 e. The Bertz CT molecular complexity index is 506. The van der Waals surface area contributed by atoms with Crippen molar-refractivity contribution in [3.8, 4) is 5.75 Å². The van der Waals surface area contributed by atoms with Gasteiger partial charge in [-0.15, -0.1) is 0 Å². The predicted molar refractivity (Wildman–Crippen MR) is 71.8 cm³/mol. The SMILES string of the molecule is COc1ccc(S(=O)(=O)N[C@@H](C)[C@@H]2CCCO2)cc1. The van der Waals surface area contributed by atoms with Gasteiger partial charge in [-0.25, -0.2) is 13.1 Å². The maximum atomic E-state index is 12.2. The molecule has 0 radical (unpaired) electrons. The van der Waals surface area contributed by atoms with Crippen LogP contribution in [0.4, 0.5) is 0 Å². The summed E-state index contributed by atoms with van der Waals surface area (Å²) in [4.78, 5) is 0.234. The average molecular weight is 285 g/mol.